The summed E-state index contributed by atoms with van der Waals surface area (Å²) in [6.07, 6.45) is 3.22. The van der Waals surface area contributed by atoms with E-state index in [4.69, 9.17) is 5.73 Å². The van der Waals surface area contributed by atoms with Gasteiger partial charge in [-0.1, -0.05) is 0 Å². The molecule has 0 saturated carbocycles. The fraction of sp³-hybridized carbons (Fsp3) is 0.333. The first kappa shape index (κ1) is 18.8. The van der Waals surface area contributed by atoms with E-state index in [2.05, 4.69) is 9.97 Å². The minimum absolute atomic E-state index is 0. The number of hydrogen-bond acceptors (Lipinski definition) is 6. The van der Waals surface area contributed by atoms with Crippen molar-refractivity contribution < 1.29 is 20.9 Å². The quantitative estimate of drug-likeness (QED) is 0.522. The predicted molar refractivity (Wildman–Crippen MR) is 44.9 cm³/mol. The van der Waals surface area contributed by atoms with Crippen LogP contribution in [0.2, 0.25) is 0 Å². The molecule has 1 rings (SSSR count). The standard InChI is InChI=1S/C6H9N3O2.Al.2H2O/c7-5(6(10)11)1-4-2-8-3-9-4;;;/h2-3,5H,1,7H2,(H,8,9)(H,10,11);;2*1H2/q;+3;;/p-3. The van der Waals surface area contributed by atoms with E-state index in [0.717, 1.165) is 0 Å². The number of hydrogen-bond donors (Lipinski definition) is 2. The average molecular weight is 215 g/mol. The van der Waals surface area contributed by atoms with Crippen LogP contribution in [-0.4, -0.2) is 50.3 Å². The van der Waals surface area contributed by atoms with E-state index in [-0.39, 0.29) is 34.7 Å². The van der Waals surface area contributed by atoms with Gasteiger partial charge in [-0.2, -0.15) is 0 Å². The molecule has 76 valence electrons. The Kier molecular flexibility index (Phi) is 11.7. The Bertz CT molecular complexity index is 241. The first-order valence-electron chi connectivity index (χ1n) is 3.14. The van der Waals surface area contributed by atoms with E-state index < -0.39 is 12.0 Å². The zero-order valence-corrected chi connectivity index (χ0v) is 8.41. The average Bonchev–Trinajstić information content (AvgIpc) is 2.39. The van der Waals surface area contributed by atoms with Crippen LogP contribution in [0.25, 0.3) is 0 Å². The molecule has 0 aliphatic carbocycles. The van der Waals surface area contributed by atoms with Gasteiger partial charge >= 0.3 is 17.4 Å². The molecule has 1 aromatic heterocycles. The van der Waals surface area contributed by atoms with Crippen molar-refractivity contribution in [2.75, 3.05) is 0 Å². The summed E-state index contributed by atoms with van der Waals surface area (Å²) in [4.78, 5) is 16.6. The second kappa shape index (κ2) is 8.68. The summed E-state index contributed by atoms with van der Waals surface area (Å²) in [5.41, 5.74) is 5.89. The third-order valence-electron chi connectivity index (χ3n) is 1.30. The molecule has 0 aromatic carbocycles. The van der Waals surface area contributed by atoms with Crippen molar-refractivity contribution in [3.8, 4) is 0 Å². The van der Waals surface area contributed by atoms with Gasteiger partial charge in [0.2, 0.25) is 0 Å². The van der Waals surface area contributed by atoms with Crippen LogP contribution in [0.4, 0.5) is 0 Å². The fourth-order valence-electron chi connectivity index (χ4n) is 0.717. The molecule has 0 radical (unpaired) electrons. The number of carbonyl (C=O) groups excluding carboxylic acids is 1. The van der Waals surface area contributed by atoms with Gasteiger partial charge in [0.25, 0.3) is 0 Å². The van der Waals surface area contributed by atoms with Crippen LogP contribution in [0.5, 0.6) is 0 Å². The van der Waals surface area contributed by atoms with Gasteiger partial charge in [0.05, 0.1) is 12.3 Å². The molecule has 0 saturated heterocycles. The summed E-state index contributed by atoms with van der Waals surface area (Å²) in [5, 5.41) is 10.2. The largest absolute Gasteiger partial charge is 3.00 e. The van der Waals surface area contributed by atoms with Crippen LogP contribution >= 0.6 is 0 Å². The van der Waals surface area contributed by atoms with E-state index in [1.165, 1.54) is 12.5 Å². The Morgan fingerprint density at radius 1 is 1.64 bits per heavy atom. The molecule has 0 aliphatic heterocycles. The summed E-state index contributed by atoms with van der Waals surface area (Å²) in [6, 6.07) is -0.963. The van der Waals surface area contributed by atoms with Crippen molar-refractivity contribution in [1.29, 1.82) is 0 Å². The van der Waals surface area contributed by atoms with Crippen molar-refractivity contribution in [3.63, 3.8) is 0 Å². The maximum Gasteiger partial charge on any atom is 3.00 e. The molecule has 0 bridgehead atoms. The van der Waals surface area contributed by atoms with Crippen molar-refractivity contribution in [1.82, 2.24) is 9.97 Å². The minimum atomic E-state index is -1.25. The number of aliphatic carboxylic acids is 1. The smallest absolute Gasteiger partial charge is 0.870 e. The summed E-state index contributed by atoms with van der Waals surface area (Å²) in [7, 11) is 0. The normalized spacial score (nSPS) is 10.1. The summed E-state index contributed by atoms with van der Waals surface area (Å²) < 4.78 is 0. The molecular weight excluding hydrogens is 205 g/mol. The number of nitrogens with one attached hydrogen (secondary N) is 1. The zero-order chi connectivity index (χ0) is 8.27. The molecule has 1 atom stereocenters. The summed E-state index contributed by atoms with van der Waals surface area (Å²) in [6.45, 7) is 0. The van der Waals surface area contributed by atoms with Crippen molar-refractivity contribution in [2.24, 2.45) is 5.73 Å². The van der Waals surface area contributed by atoms with Gasteiger partial charge in [0.1, 0.15) is 0 Å². The van der Waals surface area contributed by atoms with Crippen LogP contribution in [0, 0.1) is 0 Å². The SMILES string of the molecule is NC(Cc1cnc[nH]1)C(=O)[O-].[Al+3].[OH-].[OH-]. The minimum Gasteiger partial charge on any atom is -0.870 e. The van der Waals surface area contributed by atoms with Gasteiger partial charge in [0.15, 0.2) is 0 Å². The van der Waals surface area contributed by atoms with Crippen LogP contribution < -0.4 is 10.8 Å². The number of H-pyrrole nitrogens is 1. The van der Waals surface area contributed by atoms with Crippen molar-refractivity contribution in [3.05, 3.63) is 18.2 Å². The number of aromatic nitrogens is 2. The van der Waals surface area contributed by atoms with Gasteiger partial charge in [-0.15, -0.1) is 0 Å². The second-order valence-corrected chi connectivity index (χ2v) is 2.21. The Hall–Kier alpha value is -0.908. The molecule has 14 heavy (non-hydrogen) atoms. The van der Waals surface area contributed by atoms with Crippen LogP contribution in [0.3, 0.4) is 0 Å². The number of aromatic amines is 1. The predicted octanol–water partition coefficient (Wildman–Crippen LogP) is -2.70. The van der Waals surface area contributed by atoms with Gasteiger partial charge in [0, 0.05) is 24.4 Å². The number of carbonyl (C=O) groups is 1. The number of nitrogens with zero attached hydrogens (tertiary/aromatic N) is 1. The van der Waals surface area contributed by atoms with Gasteiger partial charge in [-0.05, 0) is 0 Å². The van der Waals surface area contributed by atoms with E-state index >= 15 is 0 Å². The Labute approximate surface area is 91.1 Å². The molecule has 1 heterocycles. The van der Waals surface area contributed by atoms with Crippen molar-refractivity contribution >= 4 is 23.3 Å². The Morgan fingerprint density at radius 3 is 2.57 bits per heavy atom. The third kappa shape index (κ3) is 5.69. The number of nitrogens with two attached hydrogens (primary N) is 1. The molecule has 0 amide bonds. The molecule has 7 nitrogen and oxygen atoms in total. The van der Waals surface area contributed by atoms with E-state index in [0.29, 0.717) is 5.69 Å². The maximum absolute atomic E-state index is 10.2. The molecule has 0 aliphatic rings. The zero-order valence-electron chi connectivity index (χ0n) is 7.25. The van der Waals surface area contributed by atoms with Crippen molar-refractivity contribution in [2.45, 2.75) is 12.5 Å². The molecule has 0 fully saturated rings. The first-order valence-corrected chi connectivity index (χ1v) is 3.14. The topological polar surface area (TPSA) is 155 Å². The molecule has 0 spiro atoms. The third-order valence-corrected chi connectivity index (χ3v) is 1.30. The Balaban J connectivity index is -0.000000403. The number of carboxylic acid groups (broad SMARTS) is 1. The van der Waals surface area contributed by atoms with Crippen LogP contribution in [0.1, 0.15) is 5.69 Å². The fourth-order valence-corrected chi connectivity index (χ4v) is 0.717. The van der Waals surface area contributed by atoms with Gasteiger partial charge in [-0.3, -0.25) is 0 Å². The number of rotatable bonds is 3. The van der Waals surface area contributed by atoms with Crippen LogP contribution in [-0.2, 0) is 11.2 Å². The molecule has 1 aromatic rings. The molecule has 5 N–H and O–H groups in total. The van der Waals surface area contributed by atoms with E-state index in [1.54, 1.807) is 0 Å². The first-order chi connectivity index (χ1) is 5.20. The monoisotopic (exact) mass is 215 g/mol. The molecular formula is C6H10AlN3O4. The van der Waals surface area contributed by atoms with E-state index in [9.17, 15) is 9.90 Å². The Morgan fingerprint density at radius 2 is 2.21 bits per heavy atom. The van der Waals surface area contributed by atoms with Crippen LogP contribution in [0.15, 0.2) is 12.5 Å². The maximum atomic E-state index is 10.2. The van der Waals surface area contributed by atoms with Gasteiger partial charge in [-0.25, -0.2) is 4.98 Å². The summed E-state index contributed by atoms with van der Waals surface area (Å²) in [5.74, 6) is -1.25. The number of carboxylic acids is 1. The number of imidazole rings is 1. The van der Waals surface area contributed by atoms with E-state index in [1.807, 2.05) is 0 Å². The molecule has 1 unspecified atom stereocenters. The van der Waals surface area contributed by atoms with Gasteiger partial charge < -0.3 is 31.6 Å². The second-order valence-electron chi connectivity index (χ2n) is 2.21. The summed E-state index contributed by atoms with van der Waals surface area (Å²) >= 11 is 0. The molecule has 8 heteroatoms.